The van der Waals surface area contributed by atoms with Crippen molar-refractivity contribution < 1.29 is 31.5 Å². The highest BCUT2D eigenvalue weighted by Crippen LogP contribution is 2.42. The summed E-state index contributed by atoms with van der Waals surface area (Å²) in [5, 5.41) is 2.52. The number of rotatable bonds is 5. The quantitative estimate of drug-likeness (QED) is 0.815. The van der Waals surface area contributed by atoms with E-state index in [4.69, 9.17) is 0 Å². The molecule has 1 aliphatic heterocycles. The maximum absolute atomic E-state index is 13.1. The molecule has 2 aromatic rings. The molecular formula is C18H18F2N2O5S. The van der Waals surface area contributed by atoms with Gasteiger partial charge >= 0.3 is 6.29 Å². The zero-order valence-corrected chi connectivity index (χ0v) is 16.1. The molecule has 7 nitrogen and oxygen atoms in total. The van der Waals surface area contributed by atoms with Gasteiger partial charge in [0, 0.05) is 30.4 Å². The molecule has 0 saturated heterocycles. The van der Waals surface area contributed by atoms with E-state index in [0.29, 0.717) is 0 Å². The van der Waals surface area contributed by atoms with Crippen molar-refractivity contribution in [3.05, 3.63) is 48.0 Å². The van der Waals surface area contributed by atoms with Gasteiger partial charge in [-0.2, -0.15) is 4.31 Å². The fourth-order valence-corrected chi connectivity index (χ4v) is 3.89. The van der Waals surface area contributed by atoms with Gasteiger partial charge in [0.05, 0.1) is 4.90 Å². The van der Waals surface area contributed by atoms with Crippen LogP contribution >= 0.6 is 0 Å². The van der Waals surface area contributed by atoms with Crippen molar-refractivity contribution in [2.24, 2.45) is 0 Å². The van der Waals surface area contributed by atoms with E-state index in [1.807, 2.05) is 0 Å². The van der Waals surface area contributed by atoms with Crippen molar-refractivity contribution in [1.29, 1.82) is 0 Å². The molecule has 0 unspecified atom stereocenters. The van der Waals surface area contributed by atoms with Crippen LogP contribution in [0.15, 0.2) is 47.4 Å². The lowest BCUT2D eigenvalue weighted by atomic mass is 10.2. The molecule has 0 bridgehead atoms. The van der Waals surface area contributed by atoms with Crippen LogP contribution in [0, 0.1) is 0 Å². The molecular weight excluding hydrogens is 394 g/mol. The number of nitrogens with zero attached hydrogens (tertiary/aromatic N) is 1. The molecule has 0 fully saturated rings. The van der Waals surface area contributed by atoms with E-state index in [-0.39, 0.29) is 33.7 Å². The molecule has 0 saturated carbocycles. The number of carbonyl (C=O) groups excluding carboxylic acids is 1. The van der Waals surface area contributed by atoms with Crippen molar-refractivity contribution >= 4 is 21.6 Å². The van der Waals surface area contributed by atoms with Gasteiger partial charge < -0.3 is 14.8 Å². The number of benzene rings is 2. The third-order valence-corrected chi connectivity index (χ3v) is 6.19. The van der Waals surface area contributed by atoms with Crippen LogP contribution in [0.1, 0.15) is 24.2 Å². The molecule has 0 aliphatic carbocycles. The Morgan fingerprint density at radius 1 is 1.11 bits per heavy atom. The lowest BCUT2D eigenvalue weighted by molar-refractivity contribution is -0.286. The van der Waals surface area contributed by atoms with Crippen molar-refractivity contribution in [3.8, 4) is 11.5 Å². The van der Waals surface area contributed by atoms with Crippen LogP contribution in [-0.2, 0) is 10.0 Å². The minimum atomic E-state index is -3.75. The van der Waals surface area contributed by atoms with Gasteiger partial charge in [-0.1, -0.05) is 6.07 Å². The largest absolute Gasteiger partial charge is 0.586 e. The smallest absolute Gasteiger partial charge is 0.395 e. The molecule has 0 aromatic heterocycles. The second-order valence-electron chi connectivity index (χ2n) is 6.43. The highest BCUT2D eigenvalue weighted by Gasteiger charge is 2.43. The summed E-state index contributed by atoms with van der Waals surface area (Å²) in [7, 11) is -2.30. The van der Waals surface area contributed by atoms with Gasteiger partial charge in [0.2, 0.25) is 10.0 Å². The first-order chi connectivity index (χ1) is 13.0. The Kier molecular flexibility index (Phi) is 5.02. The topological polar surface area (TPSA) is 84.9 Å². The molecule has 1 N–H and O–H groups in total. The van der Waals surface area contributed by atoms with Crippen LogP contribution in [0.4, 0.5) is 14.5 Å². The third kappa shape index (κ3) is 3.92. The number of anilines is 1. The van der Waals surface area contributed by atoms with Crippen LogP contribution < -0.4 is 14.8 Å². The molecule has 0 radical (unpaired) electrons. The van der Waals surface area contributed by atoms with Crippen molar-refractivity contribution in [2.45, 2.75) is 31.1 Å². The van der Waals surface area contributed by atoms with Crippen molar-refractivity contribution in [1.82, 2.24) is 4.31 Å². The Balaban J connectivity index is 1.82. The molecule has 0 spiro atoms. The molecule has 3 rings (SSSR count). The van der Waals surface area contributed by atoms with E-state index in [0.717, 1.165) is 0 Å². The number of hydrogen-bond acceptors (Lipinski definition) is 5. The number of alkyl halides is 2. The second-order valence-corrected chi connectivity index (χ2v) is 8.42. The number of nitrogens with one attached hydrogen (secondary N) is 1. The summed E-state index contributed by atoms with van der Waals surface area (Å²) in [4.78, 5) is 12.5. The number of sulfonamides is 1. The minimum Gasteiger partial charge on any atom is -0.395 e. The van der Waals surface area contributed by atoms with E-state index in [1.165, 1.54) is 53.8 Å². The fourth-order valence-electron chi connectivity index (χ4n) is 2.47. The van der Waals surface area contributed by atoms with Crippen LogP contribution in [0.2, 0.25) is 0 Å². The maximum Gasteiger partial charge on any atom is 0.586 e. The van der Waals surface area contributed by atoms with Crippen LogP contribution in [-0.4, -0.2) is 38.0 Å². The predicted octanol–water partition coefficient (Wildman–Crippen LogP) is 3.29. The van der Waals surface area contributed by atoms with Gasteiger partial charge in [-0.3, -0.25) is 4.79 Å². The summed E-state index contributed by atoms with van der Waals surface area (Å²) < 4.78 is 61.2. The summed E-state index contributed by atoms with van der Waals surface area (Å²) in [6.45, 7) is 3.47. The summed E-state index contributed by atoms with van der Waals surface area (Å²) in [6, 6.07) is 9.11. The zero-order chi connectivity index (χ0) is 20.7. The average Bonchev–Trinajstić information content (AvgIpc) is 2.94. The van der Waals surface area contributed by atoms with Gasteiger partial charge in [0.15, 0.2) is 11.5 Å². The monoisotopic (exact) mass is 412 g/mol. The lowest BCUT2D eigenvalue weighted by Gasteiger charge is -2.21. The molecule has 1 amide bonds. The predicted molar refractivity (Wildman–Crippen MR) is 97.1 cm³/mol. The average molecular weight is 412 g/mol. The maximum atomic E-state index is 13.1. The minimum absolute atomic E-state index is 0.0262. The van der Waals surface area contributed by atoms with Gasteiger partial charge in [0.1, 0.15) is 0 Å². The Hall–Kier alpha value is -2.72. The number of ether oxygens (including phenoxy) is 2. The Labute approximate surface area is 160 Å². The molecule has 2 aromatic carbocycles. The second kappa shape index (κ2) is 7.02. The van der Waals surface area contributed by atoms with Gasteiger partial charge in [-0.25, -0.2) is 8.42 Å². The van der Waals surface area contributed by atoms with Crippen LogP contribution in [0.3, 0.4) is 0 Å². The molecule has 1 heterocycles. The first-order valence-corrected chi connectivity index (χ1v) is 9.73. The van der Waals surface area contributed by atoms with E-state index < -0.39 is 22.2 Å². The zero-order valence-electron chi connectivity index (χ0n) is 15.3. The van der Waals surface area contributed by atoms with Crippen molar-refractivity contribution in [3.63, 3.8) is 0 Å². The van der Waals surface area contributed by atoms with Gasteiger partial charge in [-0.15, -0.1) is 8.78 Å². The van der Waals surface area contributed by atoms with Crippen LogP contribution in [0.5, 0.6) is 11.5 Å². The Morgan fingerprint density at radius 2 is 1.79 bits per heavy atom. The van der Waals surface area contributed by atoms with E-state index in [1.54, 1.807) is 13.8 Å². The standard InChI is InChI=1S/C18H18F2N2O5S/c1-11(2)22(3)28(24,25)14-6-4-5-12(9-14)17(23)21-13-7-8-15-16(10-13)27-18(19,20)26-15/h4-11H,1-3H3,(H,21,23). The fraction of sp³-hybridized carbons (Fsp3) is 0.278. The number of hydrogen-bond donors (Lipinski definition) is 1. The SMILES string of the molecule is CC(C)N(C)S(=O)(=O)c1cccc(C(=O)Nc2ccc3c(c2)OC(F)(F)O3)c1. The summed E-state index contributed by atoms with van der Waals surface area (Å²) in [5.41, 5.74) is 0.291. The lowest BCUT2D eigenvalue weighted by Crippen LogP contribution is -2.33. The van der Waals surface area contributed by atoms with E-state index >= 15 is 0 Å². The molecule has 1 aliphatic rings. The summed E-state index contributed by atoms with van der Waals surface area (Å²) in [6.07, 6.45) is -3.75. The van der Waals surface area contributed by atoms with E-state index in [9.17, 15) is 22.0 Å². The summed E-state index contributed by atoms with van der Waals surface area (Å²) >= 11 is 0. The number of amides is 1. The molecule has 10 heteroatoms. The van der Waals surface area contributed by atoms with E-state index in [2.05, 4.69) is 14.8 Å². The first-order valence-electron chi connectivity index (χ1n) is 8.29. The first kappa shape index (κ1) is 20.0. The highest BCUT2D eigenvalue weighted by atomic mass is 32.2. The molecule has 0 atom stereocenters. The van der Waals surface area contributed by atoms with Gasteiger partial charge in [-0.05, 0) is 44.2 Å². The number of halogens is 2. The van der Waals surface area contributed by atoms with Crippen LogP contribution in [0.25, 0.3) is 0 Å². The third-order valence-electron chi connectivity index (χ3n) is 4.16. The Morgan fingerprint density at radius 3 is 2.46 bits per heavy atom. The molecule has 150 valence electrons. The Bertz CT molecular complexity index is 1020. The van der Waals surface area contributed by atoms with Gasteiger partial charge in [0.25, 0.3) is 5.91 Å². The normalized spacial score (nSPS) is 15.1. The number of fused-ring (bicyclic) bond motifs is 1. The molecule has 28 heavy (non-hydrogen) atoms. The summed E-state index contributed by atoms with van der Waals surface area (Å²) in [5.74, 6) is -0.958. The number of carbonyl (C=O) groups is 1. The highest BCUT2D eigenvalue weighted by molar-refractivity contribution is 7.89. The van der Waals surface area contributed by atoms with Crippen molar-refractivity contribution in [2.75, 3.05) is 12.4 Å².